The molecule has 0 unspecified atom stereocenters. The van der Waals surface area contributed by atoms with Gasteiger partial charge in [-0.2, -0.15) is 0 Å². The Morgan fingerprint density at radius 2 is 1.71 bits per heavy atom. The van der Waals surface area contributed by atoms with Gasteiger partial charge in [-0.15, -0.1) is 0 Å². The Labute approximate surface area is 137 Å². The van der Waals surface area contributed by atoms with E-state index in [-0.39, 0.29) is 6.42 Å². The van der Waals surface area contributed by atoms with Crippen LogP contribution in [0.1, 0.15) is 12.0 Å². The third-order valence-corrected chi connectivity index (χ3v) is 3.07. The first kappa shape index (κ1) is 19.1. The second kappa shape index (κ2) is 9.26. The van der Waals surface area contributed by atoms with Crippen LogP contribution in [0, 0.1) is 0 Å². The molecule has 2 amide bonds. The van der Waals surface area contributed by atoms with Crippen LogP contribution in [0.2, 0.25) is 0 Å². The highest BCUT2D eigenvalue weighted by molar-refractivity contribution is 5.90. The number of hydrogen-bond acceptors (Lipinski definition) is 5. The van der Waals surface area contributed by atoms with E-state index in [0.717, 1.165) is 5.56 Å². The third-order valence-electron chi connectivity index (χ3n) is 3.07. The summed E-state index contributed by atoms with van der Waals surface area (Å²) in [5.41, 5.74) is 6.59. The van der Waals surface area contributed by atoms with Gasteiger partial charge >= 0.3 is 11.9 Å². The van der Waals surface area contributed by atoms with Crippen LogP contribution in [0.15, 0.2) is 30.3 Å². The lowest BCUT2D eigenvalue weighted by atomic mass is 10.1. The Morgan fingerprint density at radius 3 is 2.25 bits per heavy atom. The van der Waals surface area contributed by atoms with E-state index < -0.39 is 48.8 Å². The lowest BCUT2D eigenvalue weighted by molar-refractivity contribution is -0.147. The number of rotatable bonds is 9. The van der Waals surface area contributed by atoms with E-state index in [1.165, 1.54) is 0 Å². The fraction of sp³-hybridized carbons (Fsp3) is 0.333. The van der Waals surface area contributed by atoms with Crippen molar-refractivity contribution >= 4 is 23.8 Å². The van der Waals surface area contributed by atoms with E-state index >= 15 is 0 Å². The average Bonchev–Trinajstić information content (AvgIpc) is 2.52. The van der Waals surface area contributed by atoms with Gasteiger partial charge in [0.1, 0.15) is 6.04 Å². The summed E-state index contributed by atoms with van der Waals surface area (Å²) in [4.78, 5) is 44.8. The molecule has 0 aromatic heterocycles. The SMILES string of the molecule is N[C@@H](Cc1ccccc1)C(=O)NCC(=O)N[C@@H](CC(=O)O)C(=O)O. The summed E-state index contributed by atoms with van der Waals surface area (Å²) in [5.74, 6) is -4.22. The molecule has 1 aromatic carbocycles. The summed E-state index contributed by atoms with van der Waals surface area (Å²) in [6, 6.07) is 6.63. The maximum absolute atomic E-state index is 11.8. The van der Waals surface area contributed by atoms with Crippen LogP contribution in [-0.2, 0) is 25.6 Å². The first-order valence-corrected chi connectivity index (χ1v) is 7.10. The lowest BCUT2D eigenvalue weighted by Crippen LogP contribution is -2.49. The topological polar surface area (TPSA) is 159 Å². The van der Waals surface area contributed by atoms with Gasteiger partial charge < -0.3 is 26.6 Å². The smallest absolute Gasteiger partial charge is 0.326 e. The van der Waals surface area contributed by atoms with Crippen molar-refractivity contribution in [2.75, 3.05) is 6.54 Å². The number of benzene rings is 1. The zero-order valence-corrected chi connectivity index (χ0v) is 12.8. The molecule has 0 aliphatic carbocycles. The third kappa shape index (κ3) is 6.88. The fourth-order valence-corrected chi connectivity index (χ4v) is 1.88. The van der Waals surface area contributed by atoms with Crippen LogP contribution in [0.3, 0.4) is 0 Å². The molecular weight excluding hydrogens is 318 g/mol. The zero-order valence-electron chi connectivity index (χ0n) is 12.8. The average molecular weight is 337 g/mol. The fourth-order valence-electron chi connectivity index (χ4n) is 1.88. The maximum atomic E-state index is 11.8. The molecule has 1 aromatic rings. The number of aliphatic carboxylic acids is 2. The predicted octanol–water partition coefficient (Wildman–Crippen LogP) is -1.28. The van der Waals surface area contributed by atoms with Gasteiger partial charge in [-0.25, -0.2) is 4.79 Å². The number of nitrogens with two attached hydrogens (primary N) is 1. The van der Waals surface area contributed by atoms with Gasteiger partial charge in [-0.1, -0.05) is 30.3 Å². The van der Waals surface area contributed by atoms with Crippen molar-refractivity contribution in [1.29, 1.82) is 0 Å². The summed E-state index contributed by atoms with van der Waals surface area (Å²) >= 11 is 0. The number of amides is 2. The Balaban J connectivity index is 2.43. The maximum Gasteiger partial charge on any atom is 0.326 e. The Morgan fingerprint density at radius 1 is 1.08 bits per heavy atom. The molecule has 9 heteroatoms. The summed E-state index contributed by atoms with van der Waals surface area (Å²) < 4.78 is 0. The van der Waals surface area contributed by atoms with Crippen LogP contribution in [0.4, 0.5) is 0 Å². The van der Waals surface area contributed by atoms with E-state index in [1.54, 1.807) is 0 Å². The van der Waals surface area contributed by atoms with Gasteiger partial charge in [0.15, 0.2) is 0 Å². The summed E-state index contributed by atoms with van der Waals surface area (Å²) in [7, 11) is 0. The minimum Gasteiger partial charge on any atom is -0.481 e. The predicted molar refractivity (Wildman–Crippen MR) is 83.0 cm³/mol. The molecule has 24 heavy (non-hydrogen) atoms. The molecule has 0 spiro atoms. The monoisotopic (exact) mass is 337 g/mol. The van der Waals surface area contributed by atoms with Gasteiger partial charge in [-0.05, 0) is 12.0 Å². The number of hydrogen-bond donors (Lipinski definition) is 5. The van der Waals surface area contributed by atoms with Crippen LogP contribution in [0.5, 0.6) is 0 Å². The van der Waals surface area contributed by atoms with E-state index in [9.17, 15) is 19.2 Å². The summed E-state index contributed by atoms with van der Waals surface area (Å²) in [6.45, 7) is -0.495. The van der Waals surface area contributed by atoms with Crippen LogP contribution in [0.25, 0.3) is 0 Å². The molecule has 0 radical (unpaired) electrons. The Hall–Kier alpha value is -2.94. The van der Waals surface area contributed by atoms with E-state index in [0.29, 0.717) is 0 Å². The molecule has 0 saturated carbocycles. The van der Waals surface area contributed by atoms with Gasteiger partial charge in [-0.3, -0.25) is 14.4 Å². The molecule has 130 valence electrons. The second-order valence-electron chi connectivity index (χ2n) is 5.07. The highest BCUT2D eigenvalue weighted by Gasteiger charge is 2.23. The van der Waals surface area contributed by atoms with Crippen LogP contribution in [-0.4, -0.2) is 52.6 Å². The van der Waals surface area contributed by atoms with Crippen LogP contribution >= 0.6 is 0 Å². The van der Waals surface area contributed by atoms with Crippen molar-refractivity contribution in [3.8, 4) is 0 Å². The van der Waals surface area contributed by atoms with Gasteiger partial charge in [0, 0.05) is 0 Å². The quantitative estimate of drug-likeness (QED) is 0.375. The molecule has 0 heterocycles. The Kier molecular flexibility index (Phi) is 7.37. The summed E-state index contributed by atoms with van der Waals surface area (Å²) in [6.07, 6.45) is -0.479. The number of carbonyl (C=O) groups is 4. The highest BCUT2D eigenvalue weighted by Crippen LogP contribution is 2.01. The van der Waals surface area contributed by atoms with Crippen molar-refractivity contribution in [1.82, 2.24) is 10.6 Å². The first-order chi connectivity index (χ1) is 11.3. The van der Waals surface area contributed by atoms with Gasteiger partial charge in [0.2, 0.25) is 11.8 Å². The molecule has 2 atom stereocenters. The highest BCUT2D eigenvalue weighted by atomic mass is 16.4. The standard InChI is InChI=1S/C15H19N3O6/c16-10(6-9-4-2-1-3-5-9)14(22)17-8-12(19)18-11(15(23)24)7-13(20)21/h1-5,10-11H,6-8,16H2,(H,17,22)(H,18,19)(H,20,21)(H,23,24)/t10-,11-/m0/s1. The van der Waals surface area contributed by atoms with Gasteiger partial charge in [0.05, 0.1) is 19.0 Å². The summed E-state index contributed by atoms with van der Waals surface area (Å²) in [5, 5.41) is 21.7. The van der Waals surface area contributed by atoms with Crippen molar-refractivity contribution in [2.24, 2.45) is 5.73 Å². The van der Waals surface area contributed by atoms with Gasteiger partial charge in [0.25, 0.3) is 0 Å². The number of carbonyl (C=O) groups excluding carboxylic acids is 2. The first-order valence-electron chi connectivity index (χ1n) is 7.10. The van der Waals surface area contributed by atoms with E-state index in [2.05, 4.69) is 5.32 Å². The normalized spacial score (nSPS) is 12.7. The van der Waals surface area contributed by atoms with Crippen molar-refractivity contribution in [2.45, 2.75) is 24.9 Å². The van der Waals surface area contributed by atoms with Crippen molar-refractivity contribution in [3.05, 3.63) is 35.9 Å². The molecule has 0 fully saturated rings. The molecule has 0 aliphatic rings. The van der Waals surface area contributed by atoms with Crippen molar-refractivity contribution < 1.29 is 29.4 Å². The minimum atomic E-state index is -1.56. The number of nitrogens with one attached hydrogen (secondary N) is 2. The van der Waals surface area contributed by atoms with E-state index in [4.69, 9.17) is 15.9 Å². The molecule has 6 N–H and O–H groups in total. The molecular formula is C15H19N3O6. The largest absolute Gasteiger partial charge is 0.481 e. The van der Waals surface area contributed by atoms with Crippen LogP contribution < -0.4 is 16.4 Å². The van der Waals surface area contributed by atoms with Crippen molar-refractivity contribution in [3.63, 3.8) is 0 Å². The zero-order chi connectivity index (χ0) is 18.1. The Bertz CT molecular complexity index is 604. The molecule has 1 rings (SSSR count). The molecule has 9 nitrogen and oxygen atoms in total. The number of carboxylic acid groups (broad SMARTS) is 2. The molecule has 0 saturated heterocycles. The minimum absolute atomic E-state index is 0.283. The molecule has 0 aliphatic heterocycles. The number of carboxylic acids is 2. The lowest BCUT2D eigenvalue weighted by Gasteiger charge is -2.14. The van der Waals surface area contributed by atoms with E-state index in [1.807, 2.05) is 35.6 Å². The second-order valence-corrected chi connectivity index (χ2v) is 5.07. The molecule has 0 bridgehead atoms.